The van der Waals surface area contributed by atoms with E-state index in [0.29, 0.717) is 35.4 Å². The van der Waals surface area contributed by atoms with Crippen LogP contribution in [0.2, 0.25) is 0 Å². The average molecular weight is 288 g/mol. The Bertz CT molecular complexity index is 508. The lowest BCUT2D eigenvalue weighted by Gasteiger charge is -2.23. The van der Waals surface area contributed by atoms with Crippen LogP contribution in [0, 0.1) is 11.8 Å². The number of carbonyl (C=O) groups excluding carboxylic acids is 1. The van der Waals surface area contributed by atoms with Crippen LogP contribution in [0.5, 0.6) is 5.75 Å². The second-order valence-electron chi connectivity index (χ2n) is 6.32. The summed E-state index contributed by atoms with van der Waals surface area (Å²) in [6, 6.07) is 5.35. The third kappa shape index (κ3) is 3.90. The maximum Gasteiger partial charge on any atom is 0.254 e. The topological polar surface area (TPSA) is 55.6 Å². The van der Waals surface area contributed by atoms with Crippen LogP contribution in [0.15, 0.2) is 18.2 Å². The Kier molecular flexibility index (Phi) is 4.04. The SMILES string of the molecule is CCOc1cc(N)cc(C(=O)N(CC2CC2)CC2CC2)c1. The van der Waals surface area contributed by atoms with Crippen molar-refractivity contribution in [3.8, 4) is 5.75 Å². The van der Waals surface area contributed by atoms with Gasteiger partial charge in [0.05, 0.1) is 6.61 Å². The lowest BCUT2D eigenvalue weighted by Crippen LogP contribution is -2.34. The fourth-order valence-electron chi connectivity index (χ4n) is 2.64. The number of ether oxygens (including phenoxy) is 1. The number of nitrogens with zero attached hydrogens (tertiary/aromatic N) is 1. The van der Waals surface area contributed by atoms with E-state index in [1.165, 1.54) is 25.7 Å². The fraction of sp³-hybridized carbons (Fsp3) is 0.588. The molecule has 4 nitrogen and oxygen atoms in total. The third-order valence-corrected chi connectivity index (χ3v) is 4.13. The minimum atomic E-state index is 0.0991. The van der Waals surface area contributed by atoms with Crippen molar-refractivity contribution < 1.29 is 9.53 Å². The summed E-state index contributed by atoms with van der Waals surface area (Å²) in [7, 11) is 0. The van der Waals surface area contributed by atoms with Gasteiger partial charge in [-0.3, -0.25) is 4.79 Å². The van der Waals surface area contributed by atoms with Crippen molar-refractivity contribution in [3.63, 3.8) is 0 Å². The van der Waals surface area contributed by atoms with Gasteiger partial charge in [-0.1, -0.05) is 0 Å². The molecule has 0 aliphatic heterocycles. The number of anilines is 1. The van der Waals surface area contributed by atoms with Gasteiger partial charge in [0.25, 0.3) is 5.91 Å². The van der Waals surface area contributed by atoms with E-state index in [-0.39, 0.29) is 5.91 Å². The number of hydrogen-bond donors (Lipinski definition) is 1. The maximum absolute atomic E-state index is 12.8. The molecule has 114 valence electrons. The van der Waals surface area contributed by atoms with E-state index in [4.69, 9.17) is 10.5 Å². The highest BCUT2D eigenvalue weighted by Gasteiger charge is 2.32. The highest BCUT2D eigenvalue weighted by molar-refractivity contribution is 5.95. The number of benzene rings is 1. The van der Waals surface area contributed by atoms with Gasteiger partial charge in [-0.2, -0.15) is 0 Å². The molecule has 2 aliphatic carbocycles. The lowest BCUT2D eigenvalue weighted by atomic mass is 10.1. The molecule has 0 bridgehead atoms. The molecule has 0 unspecified atom stereocenters. The van der Waals surface area contributed by atoms with E-state index in [2.05, 4.69) is 0 Å². The molecule has 2 N–H and O–H groups in total. The van der Waals surface area contributed by atoms with Gasteiger partial charge in [0, 0.05) is 30.4 Å². The number of rotatable bonds is 7. The first kappa shape index (κ1) is 14.2. The molecule has 0 saturated heterocycles. The van der Waals surface area contributed by atoms with Crippen molar-refractivity contribution in [2.75, 3.05) is 25.4 Å². The quantitative estimate of drug-likeness (QED) is 0.785. The van der Waals surface area contributed by atoms with Crippen molar-refractivity contribution in [1.82, 2.24) is 4.90 Å². The minimum Gasteiger partial charge on any atom is -0.494 e. The Hall–Kier alpha value is -1.71. The van der Waals surface area contributed by atoms with Crippen LogP contribution in [0.3, 0.4) is 0 Å². The number of nitrogen functional groups attached to an aromatic ring is 1. The molecular weight excluding hydrogens is 264 g/mol. The van der Waals surface area contributed by atoms with E-state index in [1.807, 2.05) is 17.9 Å². The van der Waals surface area contributed by atoms with Crippen molar-refractivity contribution in [3.05, 3.63) is 23.8 Å². The molecule has 1 aromatic carbocycles. The van der Waals surface area contributed by atoms with Crippen molar-refractivity contribution in [2.45, 2.75) is 32.6 Å². The number of carbonyl (C=O) groups is 1. The molecule has 0 atom stereocenters. The molecule has 21 heavy (non-hydrogen) atoms. The van der Waals surface area contributed by atoms with Gasteiger partial charge >= 0.3 is 0 Å². The Morgan fingerprint density at radius 1 is 1.19 bits per heavy atom. The summed E-state index contributed by atoms with van der Waals surface area (Å²) in [4.78, 5) is 14.8. The first-order chi connectivity index (χ1) is 10.2. The van der Waals surface area contributed by atoms with Crippen LogP contribution in [0.1, 0.15) is 43.0 Å². The average Bonchev–Trinajstić information content (AvgIpc) is 3.32. The largest absolute Gasteiger partial charge is 0.494 e. The van der Waals surface area contributed by atoms with Crippen molar-refractivity contribution in [2.24, 2.45) is 11.8 Å². The molecule has 2 aliphatic rings. The zero-order valence-electron chi connectivity index (χ0n) is 12.7. The molecule has 3 rings (SSSR count). The number of nitrogens with two attached hydrogens (primary N) is 1. The van der Waals surface area contributed by atoms with Crippen LogP contribution < -0.4 is 10.5 Å². The predicted octanol–water partition coefficient (Wildman–Crippen LogP) is 2.93. The first-order valence-electron chi connectivity index (χ1n) is 7.98. The molecule has 0 radical (unpaired) electrons. The van der Waals surface area contributed by atoms with Gasteiger partial charge in [-0.15, -0.1) is 0 Å². The highest BCUT2D eigenvalue weighted by atomic mass is 16.5. The summed E-state index contributed by atoms with van der Waals surface area (Å²) in [5.74, 6) is 2.20. The molecule has 0 aromatic heterocycles. The van der Waals surface area contributed by atoms with Crippen molar-refractivity contribution in [1.29, 1.82) is 0 Å². The standard InChI is InChI=1S/C17H24N2O2/c1-2-21-16-8-14(7-15(18)9-16)17(20)19(10-12-3-4-12)11-13-5-6-13/h7-9,12-13H,2-6,10-11,18H2,1H3. The number of amides is 1. The first-order valence-corrected chi connectivity index (χ1v) is 7.98. The minimum absolute atomic E-state index is 0.0991. The fourth-order valence-corrected chi connectivity index (χ4v) is 2.64. The molecule has 1 aromatic rings. The lowest BCUT2D eigenvalue weighted by molar-refractivity contribution is 0.0739. The van der Waals surface area contributed by atoms with Gasteiger partial charge < -0.3 is 15.4 Å². The normalized spacial score (nSPS) is 17.6. The molecular formula is C17H24N2O2. The summed E-state index contributed by atoms with van der Waals surface area (Å²) in [6.07, 6.45) is 5.04. The Morgan fingerprint density at radius 3 is 2.33 bits per heavy atom. The zero-order valence-corrected chi connectivity index (χ0v) is 12.7. The van der Waals surface area contributed by atoms with Gasteiger partial charge in [0.15, 0.2) is 0 Å². The molecule has 1 amide bonds. The smallest absolute Gasteiger partial charge is 0.254 e. The zero-order chi connectivity index (χ0) is 14.8. The second-order valence-corrected chi connectivity index (χ2v) is 6.32. The van der Waals surface area contributed by atoms with Crippen LogP contribution >= 0.6 is 0 Å². The predicted molar refractivity (Wildman–Crippen MR) is 83.4 cm³/mol. The molecule has 4 heteroatoms. The Labute approximate surface area is 126 Å². The monoisotopic (exact) mass is 288 g/mol. The van der Waals surface area contributed by atoms with E-state index in [0.717, 1.165) is 13.1 Å². The molecule has 0 heterocycles. The van der Waals surface area contributed by atoms with E-state index in [1.54, 1.807) is 12.1 Å². The summed E-state index contributed by atoms with van der Waals surface area (Å²) in [5, 5.41) is 0. The maximum atomic E-state index is 12.8. The van der Waals surface area contributed by atoms with Gasteiger partial charge in [-0.05, 0) is 56.6 Å². The number of hydrogen-bond acceptors (Lipinski definition) is 3. The van der Waals surface area contributed by atoms with Crippen LogP contribution in [0.4, 0.5) is 5.69 Å². The molecule has 2 saturated carbocycles. The van der Waals surface area contributed by atoms with E-state index < -0.39 is 0 Å². The Morgan fingerprint density at radius 2 is 1.81 bits per heavy atom. The van der Waals surface area contributed by atoms with Crippen LogP contribution in [-0.4, -0.2) is 30.5 Å². The molecule has 2 fully saturated rings. The van der Waals surface area contributed by atoms with Crippen LogP contribution in [0.25, 0.3) is 0 Å². The summed E-state index contributed by atoms with van der Waals surface area (Å²) < 4.78 is 5.49. The Balaban J connectivity index is 1.76. The van der Waals surface area contributed by atoms with E-state index in [9.17, 15) is 4.79 Å². The molecule has 0 spiro atoms. The van der Waals surface area contributed by atoms with Crippen LogP contribution in [-0.2, 0) is 0 Å². The summed E-state index contributed by atoms with van der Waals surface area (Å²) in [6.45, 7) is 4.30. The highest BCUT2D eigenvalue weighted by Crippen LogP contribution is 2.34. The second kappa shape index (κ2) is 5.96. The summed E-state index contributed by atoms with van der Waals surface area (Å²) in [5.41, 5.74) is 7.14. The summed E-state index contributed by atoms with van der Waals surface area (Å²) >= 11 is 0. The third-order valence-electron chi connectivity index (χ3n) is 4.13. The van der Waals surface area contributed by atoms with E-state index >= 15 is 0 Å². The van der Waals surface area contributed by atoms with Crippen molar-refractivity contribution >= 4 is 11.6 Å². The van der Waals surface area contributed by atoms with Gasteiger partial charge in [-0.25, -0.2) is 0 Å². The van der Waals surface area contributed by atoms with Gasteiger partial charge in [0.1, 0.15) is 5.75 Å². The van der Waals surface area contributed by atoms with Gasteiger partial charge in [0.2, 0.25) is 0 Å².